The van der Waals surface area contributed by atoms with Crippen LogP contribution >= 0.6 is 0 Å². The number of aliphatic hydroxyl groups is 1. The Kier molecular flexibility index (Phi) is 6.09. The second kappa shape index (κ2) is 7.10. The summed E-state index contributed by atoms with van der Waals surface area (Å²) in [4.78, 5) is 11.8. The molecule has 3 N–H and O–H groups in total. The molecule has 106 valence electrons. The third-order valence-corrected chi connectivity index (χ3v) is 3.84. The number of hydrogen-bond donors (Lipinski definition) is 3. The predicted octanol–water partition coefficient (Wildman–Crippen LogP) is 1.15. The predicted molar refractivity (Wildman–Crippen MR) is 73.3 cm³/mol. The first-order chi connectivity index (χ1) is 8.44. The Hall–Kier alpha value is -0.610. The molecule has 0 aromatic rings. The minimum Gasteiger partial charge on any atom is -0.396 e. The Balaban J connectivity index is 2.26. The van der Waals surface area contributed by atoms with E-state index in [1.807, 2.05) is 13.8 Å². The van der Waals surface area contributed by atoms with Gasteiger partial charge in [0.15, 0.2) is 0 Å². The summed E-state index contributed by atoms with van der Waals surface area (Å²) in [7, 11) is 0. The largest absolute Gasteiger partial charge is 0.396 e. The Labute approximate surface area is 111 Å². The summed E-state index contributed by atoms with van der Waals surface area (Å²) in [5.74, 6) is 1.15. The highest BCUT2D eigenvalue weighted by Gasteiger charge is 2.23. The summed E-state index contributed by atoms with van der Waals surface area (Å²) in [5, 5.41) is 15.4. The molecule has 1 amide bonds. The van der Waals surface area contributed by atoms with Crippen LogP contribution in [0.1, 0.15) is 40.0 Å². The van der Waals surface area contributed by atoms with Gasteiger partial charge in [-0.25, -0.2) is 0 Å². The van der Waals surface area contributed by atoms with Crippen molar-refractivity contribution >= 4 is 5.91 Å². The van der Waals surface area contributed by atoms with Gasteiger partial charge in [0, 0.05) is 25.0 Å². The molecule has 1 fully saturated rings. The molecule has 1 rings (SSSR count). The maximum absolute atomic E-state index is 11.8. The fraction of sp³-hybridized carbons (Fsp3) is 0.929. The molecule has 0 aromatic carbocycles. The Bertz CT molecular complexity index is 261. The van der Waals surface area contributed by atoms with E-state index in [-0.39, 0.29) is 17.9 Å². The van der Waals surface area contributed by atoms with Crippen LogP contribution in [-0.2, 0) is 4.79 Å². The standard InChI is InChI=1S/C14H28N2O2/c1-11(12-5-4-6-15-8-12)7-13(18)16-9-14(2,3)10-17/h11-12,15,17H,4-10H2,1-3H3,(H,16,18). The van der Waals surface area contributed by atoms with Crippen molar-refractivity contribution in [1.29, 1.82) is 0 Å². The lowest BCUT2D eigenvalue weighted by molar-refractivity contribution is -0.122. The van der Waals surface area contributed by atoms with E-state index in [9.17, 15) is 4.79 Å². The SMILES string of the molecule is CC(CC(=O)NCC(C)(C)CO)C1CCCNC1. The summed E-state index contributed by atoms with van der Waals surface area (Å²) < 4.78 is 0. The normalized spacial score (nSPS) is 22.6. The van der Waals surface area contributed by atoms with Crippen LogP contribution in [0.4, 0.5) is 0 Å². The van der Waals surface area contributed by atoms with Crippen LogP contribution in [-0.4, -0.2) is 37.3 Å². The van der Waals surface area contributed by atoms with E-state index in [4.69, 9.17) is 5.11 Å². The smallest absolute Gasteiger partial charge is 0.220 e. The number of carbonyl (C=O) groups is 1. The van der Waals surface area contributed by atoms with E-state index in [0.29, 0.717) is 24.8 Å². The first-order valence-corrected chi connectivity index (χ1v) is 7.03. The molecular weight excluding hydrogens is 228 g/mol. The van der Waals surface area contributed by atoms with Gasteiger partial charge in [0.05, 0.1) is 0 Å². The molecule has 0 spiro atoms. The summed E-state index contributed by atoms with van der Waals surface area (Å²) in [6.45, 7) is 8.84. The third-order valence-electron chi connectivity index (χ3n) is 3.84. The van der Waals surface area contributed by atoms with Crippen LogP contribution in [0.3, 0.4) is 0 Å². The summed E-state index contributed by atoms with van der Waals surface area (Å²) in [6, 6.07) is 0. The van der Waals surface area contributed by atoms with Gasteiger partial charge in [0.1, 0.15) is 0 Å². The van der Waals surface area contributed by atoms with Crippen LogP contribution in [0.2, 0.25) is 0 Å². The molecule has 0 aromatic heterocycles. The van der Waals surface area contributed by atoms with Gasteiger partial charge in [-0.1, -0.05) is 20.8 Å². The van der Waals surface area contributed by atoms with E-state index in [1.165, 1.54) is 12.8 Å². The van der Waals surface area contributed by atoms with E-state index in [0.717, 1.165) is 13.1 Å². The number of amides is 1. The van der Waals surface area contributed by atoms with Crippen molar-refractivity contribution in [3.8, 4) is 0 Å². The lowest BCUT2D eigenvalue weighted by Crippen LogP contribution is -2.39. The number of nitrogens with one attached hydrogen (secondary N) is 2. The molecule has 2 atom stereocenters. The first-order valence-electron chi connectivity index (χ1n) is 7.03. The Morgan fingerprint density at radius 1 is 1.56 bits per heavy atom. The molecule has 0 radical (unpaired) electrons. The van der Waals surface area contributed by atoms with E-state index in [1.54, 1.807) is 0 Å². The molecular formula is C14H28N2O2. The summed E-state index contributed by atoms with van der Waals surface area (Å²) in [6.07, 6.45) is 3.03. The molecule has 1 aliphatic heterocycles. The molecule has 0 saturated carbocycles. The average molecular weight is 256 g/mol. The van der Waals surface area contributed by atoms with Crippen LogP contribution in [0.25, 0.3) is 0 Å². The third kappa shape index (κ3) is 5.36. The monoisotopic (exact) mass is 256 g/mol. The molecule has 1 aliphatic rings. The zero-order valence-electron chi connectivity index (χ0n) is 12.0. The maximum Gasteiger partial charge on any atom is 0.220 e. The molecule has 4 heteroatoms. The number of hydrogen-bond acceptors (Lipinski definition) is 3. The van der Waals surface area contributed by atoms with Gasteiger partial charge < -0.3 is 15.7 Å². The van der Waals surface area contributed by atoms with Gasteiger partial charge in [-0.15, -0.1) is 0 Å². The van der Waals surface area contributed by atoms with Gasteiger partial charge >= 0.3 is 0 Å². The maximum atomic E-state index is 11.8. The highest BCUT2D eigenvalue weighted by Crippen LogP contribution is 2.22. The van der Waals surface area contributed by atoms with Gasteiger partial charge in [0.25, 0.3) is 0 Å². The topological polar surface area (TPSA) is 61.4 Å². The molecule has 4 nitrogen and oxygen atoms in total. The second-order valence-electron chi connectivity index (χ2n) is 6.39. The van der Waals surface area contributed by atoms with Crippen LogP contribution < -0.4 is 10.6 Å². The lowest BCUT2D eigenvalue weighted by Gasteiger charge is -2.28. The van der Waals surface area contributed by atoms with Crippen molar-refractivity contribution in [3.05, 3.63) is 0 Å². The fourth-order valence-electron chi connectivity index (χ4n) is 2.29. The molecule has 1 saturated heterocycles. The summed E-state index contributed by atoms with van der Waals surface area (Å²) in [5.41, 5.74) is -0.231. The number of piperidine rings is 1. The van der Waals surface area contributed by atoms with Crippen LogP contribution in [0, 0.1) is 17.3 Å². The number of rotatable bonds is 6. The quantitative estimate of drug-likeness (QED) is 0.668. The average Bonchev–Trinajstić information content (AvgIpc) is 2.37. The minimum absolute atomic E-state index is 0.0926. The van der Waals surface area contributed by atoms with Crippen molar-refractivity contribution in [3.63, 3.8) is 0 Å². The second-order valence-corrected chi connectivity index (χ2v) is 6.39. The minimum atomic E-state index is -0.231. The lowest BCUT2D eigenvalue weighted by atomic mass is 9.85. The van der Waals surface area contributed by atoms with Gasteiger partial charge in [-0.05, 0) is 37.8 Å². The highest BCUT2D eigenvalue weighted by molar-refractivity contribution is 5.76. The van der Waals surface area contributed by atoms with Crippen LogP contribution in [0.15, 0.2) is 0 Å². The van der Waals surface area contributed by atoms with Crippen LogP contribution in [0.5, 0.6) is 0 Å². The molecule has 1 heterocycles. The van der Waals surface area contributed by atoms with E-state index in [2.05, 4.69) is 17.6 Å². The van der Waals surface area contributed by atoms with Crippen molar-refractivity contribution in [2.45, 2.75) is 40.0 Å². The molecule has 18 heavy (non-hydrogen) atoms. The van der Waals surface area contributed by atoms with Crippen molar-refractivity contribution in [2.75, 3.05) is 26.2 Å². The van der Waals surface area contributed by atoms with Gasteiger partial charge in [0.2, 0.25) is 5.91 Å². The Morgan fingerprint density at radius 3 is 2.83 bits per heavy atom. The summed E-state index contributed by atoms with van der Waals surface area (Å²) >= 11 is 0. The molecule has 0 aliphatic carbocycles. The number of carbonyl (C=O) groups excluding carboxylic acids is 1. The molecule has 2 unspecified atom stereocenters. The highest BCUT2D eigenvalue weighted by atomic mass is 16.3. The number of aliphatic hydroxyl groups excluding tert-OH is 1. The van der Waals surface area contributed by atoms with Gasteiger partial charge in [-0.3, -0.25) is 4.79 Å². The fourth-order valence-corrected chi connectivity index (χ4v) is 2.29. The van der Waals surface area contributed by atoms with E-state index < -0.39 is 0 Å². The van der Waals surface area contributed by atoms with Gasteiger partial charge in [-0.2, -0.15) is 0 Å². The van der Waals surface area contributed by atoms with Crippen molar-refractivity contribution in [1.82, 2.24) is 10.6 Å². The Morgan fingerprint density at radius 2 is 2.28 bits per heavy atom. The van der Waals surface area contributed by atoms with Crippen molar-refractivity contribution in [2.24, 2.45) is 17.3 Å². The van der Waals surface area contributed by atoms with E-state index >= 15 is 0 Å². The molecule has 0 bridgehead atoms. The zero-order chi connectivity index (χ0) is 13.6. The first kappa shape index (κ1) is 15.4. The van der Waals surface area contributed by atoms with Crippen molar-refractivity contribution < 1.29 is 9.90 Å². The zero-order valence-corrected chi connectivity index (χ0v) is 12.0.